The molecule has 1 fully saturated rings. The average molecular weight is 959 g/mol. The van der Waals surface area contributed by atoms with E-state index in [2.05, 4.69) is 19.2 Å². The van der Waals surface area contributed by atoms with Gasteiger partial charge in [-0.2, -0.15) is 0 Å². The fraction of sp³-hybridized carbons (Fsp3) is 0.982. The van der Waals surface area contributed by atoms with Crippen molar-refractivity contribution < 1.29 is 50.0 Å². The maximum absolute atomic E-state index is 13.1. The molecule has 11 nitrogen and oxygen atoms in total. The predicted octanol–water partition coefficient (Wildman–Crippen LogP) is 11.8. The first-order chi connectivity index (χ1) is 32.7. The van der Waals surface area contributed by atoms with Gasteiger partial charge in [-0.25, -0.2) is 0 Å². The van der Waals surface area contributed by atoms with Crippen LogP contribution in [0.1, 0.15) is 284 Å². The normalized spacial score (nSPS) is 20.5. The highest BCUT2D eigenvalue weighted by molar-refractivity contribution is 5.80. The molecule has 1 aliphatic heterocycles. The summed E-state index contributed by atoms with van der Waals surface area (Å²) in [5.74, 6) is -0.691. The maximum atomic E-state index is 13.1. The van der Waals surface area contributed by atoms with Crippen molar-refractivity contribution in [3.8, 4) is 0 Å². The Morgan fingerprint density at radius 3 is 1.10 bits per heavy atom. The van der Waals surface area contributed by atoms with Crippen LogP contribution in [0.5, 0.6) is 0 Å². The molecular formula is C56H111NO10. The molecule has 9 atom stereocenters. The lowest BCUT2D eigenvalue weighted by Gasteiger charge is -2.40. The van der Waals surface area contributed by atoms with Crippen LogP contribution in [-0.2, 0) is 14.3 Å². The Morgan fingerprint density at radius 1 is 0.463 bits per heavy atom. The molecular weight excluding hydrogens is 847 g/mol. The summed E-state index contributed by atoms with van der Waals surface area (Å²) >= 11 is 0. The Labute approximate surface area is 411 Å². The van der Waals surface area contributed by atoms with Crippen LogP contribution in [0.2, 0.25) is 0 Å². The second kappa shape index (κ2) is 46.2. The Balaban J connectivity index is 2.19. The van der Waals surface area contributed by atoms with E-state index in [0.717, 1.165) is 38.5 Å². The number of carbonyl (C=O) groups is 1. The van der Waals surface area contributed by atoms with E-state index < -0.39 is 74.2 Å². The van der Waals surface area contributed by atoms with Crippen molar-refractivity contribution in [3.63, 3.8) is 0 Å². The van der Waals surface area contributed by atoms with Crippen molar-refractivity contribution in [3.05, 3.63) is 0 Å². The molecule has 67 heavy (non-hydrogen) atoms. The number of ether oxygens (including phenoxy) is 2. The smallest absolute Gasteiger partial charge is 0.249 e. The minimum absolute atomic E-state index is 0.267. The number of nitrogens with one attached hydrogen (secondary N) is 1. The molecule has 0 bridgehead atoms. The number of amides is 1. The van der Waals surface area contributed by atoms with Crippen LogP contribution >= 0.6 is 0 Å². The molecule has 0 spiro atoms. The zero-order valence-electron chi connectivity index (χ0n) is 43.7. The zero-order valence-corrected chi connectivity index (χ0v) is 43.7. The molecule has 11 heteroatoms. The first-order valence-electron chi connectivity index (χ1n) is 28.9. The van der Waals surface area contributed by atoms with Gasteiger partial charge in [0.2, 0.25) is 5.91 Å². The Morgan fingerprint density at radius 2 is 0.776 bits per heavy atom. The average Bonchev–Trinajstić information content (AvgIpc) is 3.33. The standard InChI is InChI=1S/C56H111NO10/c1-3-5-7-9-11-13-15-16-17-18-19-20-21-22-23-24-25-26-27-28-29-30-31-32-34-36-38-40-42-44-49(60)55(65)57-47(46-66-56-54(64)53(63)52(62)50(45-58)67-56)51(61)48(59)43-41-39-37-35-33-14-12-10-8-6-4-2/h47-54,56,58-64H,3-46H2,1-2H3,(H,57,65). The molecule has 9 unspecified atom stereocenters. The van der Waals surface area contributed by atoms with Gasteiger partial charge < -0.3 is 50.5 Å². The lowest BCUT2D eigenvalue weighted by atomic mass is 9.98. The van der Waals surface area contributed by atoms with Crippen molar-refractivity contribution in [1.29, 1.82) is 0 Å². The van der Waals surface area contributed by atoms with E-state index in [1.165, 1.54) is 205 Å². The molecule has 0 saturated carbocycles. The summed E-state index contributed by atoms with van der Waals surface area (Å²) < 4.78 is 11.1. The van der Waals surface area contributed by atoms with Gasteiger partial charge in [-0.15, -0.1) is 0 Å². The van der Waals surface area contributed by atoms with E-state index in [4.69, 9.17) is 9.47 Å². The number of rotatable bonds is 50. The summed E-state index contributed by atoms with van der Waals surface area (Å²) in [6.45, 7) is 3.47. The van der Waals surface area contributed by atoms with Crippen molar-refractivity contribution in [2.75, 3.05) is 13.2 Å². The molecule has 400 valence electrons. The number of aliphatic hydroxyl groups excluding tert-OH is 7. The van der Waals surface area contributed by atoms with Gasteiger partial charge in [-0.1, -0.05) is 271 Å². The first kappa shape index (κ1) is 64.1. The highest BCUT2D eigenvalue weighted by Crippen LogP contribution is 2.24. The van der Waals surface area contributed by atoms with Crippen molar-refractivity contribution in [2.24, 2.45) is 0 Å². The molecule has 1 saturated heterocycles. The van der Waals surface area contributed by atoms with Crippen LogP contribution < -0.4 is 5.32 Å². The van der Waals surface area contributed by atoms with Crippen LogP contribution in [0.4, 0.5) is 0 Å². The van der Waals surface area contributed by atoms with Gasteiger partial charge in [0.25, 0.3) is 0 Å². The third-order valence-electron chi connectivity index (χ3n) is 14.4. The predicted molar refractivity (Wildman–Crippen MR) is 275 cm³/mol. The molecule has 1 rings (SSSR count). The minimum atomic E-state index is -1.66. The van der Waals surface area contributed by atoms with Crippen LogP contribution in [0.3, 0.4) is 0 Å². The summed E-state index contributed by atoms with van der Waals surface area (Å²) in [6, 6.07) is -1.16. The monoisotopic (exact) mass is 958 g/mol. The summed E-state index contributed by atoms with van der Waals surface area (Å²) in [7, 11) is 0. The maximum Gasteiger partial charge on any atom is 0.249 e. The molecule has 0 radical (unpaired) electrons. The van der Waals surface area contributed by atoms with Crippen molar-refractivity contribution in [2.45, 2.75) is 339 Å². The number of hydrogen-bond donors (Lipinski definition) is 8. The van der Waals surface area contributed by atoms with E-state index in [1.54, 1.807) is 0 Å². The minimum Gasteiger partial charge on any atom is -0.394 e. The van der Waals surface area contributed by atoms with Gasteiger partial charge in [0.1, 0.15) is 36.6 Å². The SMILES string of the molecule is CCCCCCCCCCCCCCCCCCCCCCCCCCCCCCCC(O)C(=O)NC(COC1OC(CO)C(O)C(O)C1O)C(O)C(O)CCCCCCCCCCCCC. The molecule has 1 amide bonds. The van der Waals surface area contributed by atoms with E-state index in [0.29, 0.717) is 19.3 Å². The first-order valence-corrected chi connectivity index (χ1v) is 28.9. The third-order valence-corrected chi connectivity index (χ3v) is 14.4. The van der Waals surface area contributed by atoms with Gasteiger partial charge in [-0.05, 0) is 12.8 Å². The lowest BCUT2D eigenvalue weighted by molar-refractivity contribution is -0.303. The van der Waals surface area contributed by atoms with Crippen LogP contribution in [0.25, 0.3) is 0 Å². The van der Waals surface area contributed by atoms with Crippen molar-refractivity contribution in [1.82, 2.24) is 5.32 Å². The van der Waals surface area contributed by atoms with E-state index in [1.807, 2.05) is 0 Å². The number of unbranched alkanes of at least 4 members (excludes halogenated alkanes) is 38. The summed E-state index contributed by atoms with van der Waals surface area (Å²) in [5.41, 5.74) is 0. The molecule has 0 aromatic carbocycles. The number of carbonyl (C=O) groups excluding carboxylic acids is 1. The molecule has 0 aromatic rings. The Bertz CT molecular complexity index is 1050. The molecule has 0 aromatic heterocycles. The Kier molecular flexibility index (Phi) is 44.2. The van der Waals surface area contributed by atoms with Gasteiger partial charge in [0.15, 0.2) is 6.29 Å². The third kappa shape index (κ3) is 35.0. The summed E-state index contributed by atoms with van der Waals surface area (Å²) in [4.78, 5) is 13.1. The van der Waals surface area contributed by atoms with E-state index in [9.17, 15) is 40.5 Å². The zero-order chi connectivity index (χ0) is 49.0. The number of aliphatic hydroxyl groups is 7. The van der Waals surface area contributed by atoms with Crippen LogP contribution in [-0.4, -0.2) is 110 Å². The summed E-state index contributed by atoms with van der Waals surface area (Å²) in [5, 5.41) is 75.9. The highest BCUT2D eigenvalue weighted by atomic mass is 16.7. The van der Waals surface area contributed by atoms with Crippen molar-refractivity contribution >= 4 is 5.91 Å². The van der Waals surface area contributed by atoms with Gasteiger partial charge in [0, 0.05) is 0 Å². The second-order valence-corrected chi connectivity index (χ2v) is 20.7. The van der Waals surface area contributed by atoms with Gasteiger partial charge >= 0.3 is 0 Å². The van der Waals surface area contributed by atoms with Gasteiger partial charge in [-0.3, -0.25) is 4.79 Å². The fourth-order valence-electron chi connectivity index (χ4n) is 9.68. The molecule has 0 aliphatic carbocycles. The summed E-state index contributed by atoms with van der Waals surface area (Å²) in [6.07, 6.45) is 40.4. The highest BCUT2D eigenvalue weighted by Gasteiger charge is 2.44. The fourth-order valence-corrected chi connectivity index (χ4v) is 9.68. The quantitative estimate of drug-likeness (QED) is 0.0273. The second-order valence-electron chi connectivity index (χ2n) is 20.7. The largest absolute Gasteiger partial charge is 0.394 e. The molecule has 8 N–H and O–H groups in total. The number of hydrogen-bond acceptors (Lipinski definition) is 10. The van der Waals surface area contributed by atoms with Crippen LogP contribution in [0, 0.1) is 0 Å². The van der Waals surface area contributed by atoms with E-state index >= 15 is 0 Å². The topological polar surface area (TPSA) is 189 Å². The van der Waals surface area contributed by atoms with Crippen LogP contribution in [0.15, 0.2) is 0 Å². The lowest BCUT2D eigenvalue weighted by Crippen LogP contribution is -2.60. The van der Waals surface area contributed by atoms with E-state index in [-0.39, 0.29) is 6.42 Å². The molecule has 1 heterocycles. The van der Waals surface area contributed by atoms with Gasteiger partial charge in [0.05, 0.1) is 25.4 Å². The molecule has 1 aliphatic rings. The Hall–Kier alpha value is -0.890.